The number of aromatic hydroxyl groups is 1. The predicted octanol–water partition coefficient (Wildman–Crippen LogP) is 4.43. The third kappa shape index (κ3) is 5.24. The van der Waals surface area contributed by atoms with Gasteiger partial charge in [-0.2, -0.15) is 5.10 Å². The van der Waals surface area contributed by atoms with Gasteiger partial charge in [0.1, 0.15) is 11.4 Å². The van der Waals surface area contributed by atoms with Crippen LogP contribution in [0.4, 0.5) is 10.1 Å². The summed E-state index contributed by atoms with van der Waals surface area (Å²) in [5.74, 6) is -0.383. The summed E-state index contributed by atoms with van der Waals surface area (Å²) in [5, 5.41) is 18.4. The normalized spacial score (nSPS) is 15.8. The number of benzene rings is 1. The first-order valence-electron chi connectivity index (χ1n) is 11.3. The number of aliphatic imine (C=N–C) groups is 1. The van der Waals surface area contributed by atoms with Gasteiger partial charge in [-0.05, 0) is 51.3 Å². The minimum absolute atomic E-state index is 0.00938. The van der Waals surface area contributed by atoms with Gasteiger partial charge in [-0.1, -0.05) is 6.92 Å². The molecular formula is C24H30FN5O3. The first-order chi connectivity index (χ1) is 15.7. The van der Waals surface area contributed by atoms with E-state index in [4.69, 9.17) is 9.73 Å². The highest BCUT2D eigenvalue weighted by molar-refractivity contribution is 6.14. The van der Waals surface area contributed by atoms with Crippen LogP contribution >= 0.6 is 0 Å². The van der Waals surface area contributed by atoms with Crippen LogP contribution in [0.2, 0.25) is 0 Å². The third-order valence-corrected chi connectivity index (χ3v) is 5.75. The second-order valence-electron chi connectivity index (χ2n) is 8.94. The number of H-pyrrole nitrogens is 1. The number of aromatic amines is 1. The van der Waals surface area contributed by atoms with Gasteiger partial charge in [-0.25, -0.2) is 9.38 Å². The van der Waals surface area contributed by atoms with Crippen molar-refractivity contribution in [2.24, 2.45) is 4.99 Å². The molecule has 1 aliphatic heterocycles. The van der Waals surface area contributed by atoms with Gasteiger partial charge >= 0.3 is 0 Å². The van der Waals surface area contributed by atoms with Gasteiger partial charge in [0.25, 0.3) is 5.91 Å². The van der Waals surface area contributed by atoms with Crippen molar-refractivity contribution in [2.45, 2.75) is 51.7 Å². The lowest BCUT2D eigenvalue weighted by molar-refractivity contribution is 0.0662. The van der Waals surface area contributed by atoms with Crippen molar-refractivity contribution in [2.75, 3.05) is 19.8 Å². The van der Waals surface area contributed by atoms with E-state index in [1.165, 1.54) is 13.8 Å². The van der Waals surface area contributed by atoms with Crippen LogP contribution in [-0.2, 0) is 4.74 Å². The van der Waals surface area contributed by atoms with E-state index in [1.807, 2.05) is 17.8 Å². The minimum atomic E-state index is -1.51. The largest absolute Gasteiger partial charge is 0.494 e. The molecule has 0 radical (unpaired) electrons. The predicted molar refractivity (Wildman–Crippen MR) is 125 cm³/mol. The van der Waals surface area contributed by atoms with Crippen molar-refractivity contribution in [1.29, 1.82) is 0 Å². The van der Waals surface area contributed by atoms with E-state index in [0.717, 1.165) is 26.1 Å². The molecule has 0 saturated carbocycles. The lowest BCUT2D eigenvalue weighted by Crippen LogP contribution is -2.35. The van der Waals surface area contributed by atoms with E-state index in [1.54, 1.807) is 24.4 Å². The standard InChI is InChI=1S/C24H30FN5O3/c1-4-19(28-16-12-27-30(13-16)17-7-9-33-10-8-17)21-18-11-15(5-6-20(18)29-23(21)32)22(31)26-14-24(2,3)25/h5-6,11-13,17,29,32H,4,7-10,14H2,1-3H3,(H,26,31). The van der Waals surface area contributed by atoms with Crippen LogP contribution in [0.1, 0.15) is 62.0 Å². The van der Waals surface area contributed by atoms with Gasteiger partial charge in [0, 0.05) is 29.7 Å². The van der Waals surface area contributed by atoms with Crippen molar-refractivity contribution in [3.05, 3.63) is 41.7 Å². The molecule has 1 amide bonds. The Morgan fingerprint density at radius 2 is 2.15 bits per heavy atom. The monoisotopic (exact) mass is 455 g/mol. The molecule has 0 aliphatic carbocycles. The fourth-order valence-electron chi connectivity index (χ4n) is 4.01. The van der Waals surface area contributed by atoms with Crippen molar-refractivity contribution in [3.8, 4) is 5.88 Å². The van der Waals surface area contributed by atoms with Gasteiger partial charge in [0.2, 0.25) is 0 Å². The molecule has 0 bridgehead atoms. The van der Waals surface area contributed by atoms with E-state index >= 15 is 0 Å². The zero-order valence-electron chi connectivity index (χ0n) is 19.2. The van der Waals surface area contributed by atoms with E-state index in [0.29, 0.717) is 45.9 Å². The van der Waals surface area contributed by atoms with Crippen molar-refractivity contribution in [3.63, 3.8) is 0 Å². The smallest absolute Gasteiger partial charge is 0.251 e. The first-order valence-corrected chi connectivity index (χ1v) is 11.3. The average molecular weight is 456 g/mol. The molecule has 3 aromatic rings. The van der Waals surface area contributed by atoms with E-state index in [-0.39, 0.29) is 18.3 Å². The number of halogens is 1. The fraction of sp³-hybridized carbons (Fsp3) is 0.458. The maximum atomic E-state index is 13.8. The summed E-state index contributed by atoms with van der Waals surface area (Å²) in [7, 11) is 0. The molecule has 2 aromatic heterocycles. The molecular weight excluding hydrogens is 425 g/mol. The first kappa shape index (κ1) is 23.0. The van der Waals surface area contributed by atoms with Crippen LogP contribution in [0.3, 0.4) is 0 Å². The number of ether oxygens (including phenoxy) is 1. The molecule has 9 heteroatoms. The van der Waals surface area contributed by atoms with Crippen LogP contribution in [0.25, 0.3) is 10.9 Å². The summed E-state index contributed by atoms with van der Waals surface area (Å²) in [6.07, 6.45) is 6.03. The van der Waals surface area contributed by atoms with E-state index < -0.39 is 5.67 Å². The topological polar surface area (TPSA) is 105 Å². The summed E-state index contributed by atoms with van der Waals surface area (Å²) in [5.41, 5.74) is 1.48. The molecule has 33 heavy (non-hydrogen) atoms. The Kier molecular flexibility index (Phi) is 6.51. The maximum absolute atomic E-state index is 13.8. The van der Waals surface area contributed by atoms with Crippen LogP contribution in [-0.4, -0.2) is 56.9 Å². The minimum Gasteiger partial charge on any atom is -0.494 e. The Hall–Kier alpha value is -3.20. The zero-order chi connectivity index (χ0) is 23.6. The molecule has 1 aromatic carbocycles. The van der Waals surface area contributed by atoms with Gasteiger partial charge in [-0.15, -0.1) is 0 Å². The molecule has 0 spiro atoms. The number of hydrogen-bond acceptors (Lipinski definition) is 5. The van der Waals surface area contributed by atoms with Crippen LogP contribution in [0, 0.1) is 0 Å². The lowest BCUT2D eigenvalue weighted by atomic mass is 10.0. The molecule has 0 unspecified atom stereocenters. The number of nitrogens with one attached hydrogen (secondary N) is 2. The molecule has 176 valence electrons. The number of rotatable bonds is 7. The van der Waals surface area contributed by atoms with Crippen molar-refractivity contribution < 1.29 is 19.0 Å². The Labute approximate surface area is 191 Å². The number of carbonyl (C=O) groups excluding carboxylic acids is 1. The van der Waals surface area contributed by atoms with E-state index in [2.05, 4.69) is 15.4 Å². The van der Waals surface area contributed by atoms with E-state index in [9.17, 15) is 14.3 Å². The number of alkyl halides is 1. The molecule has 1 fully saturated rings. The molecule has 8 nitrogen and oxygen atoms in total. The zero-order valence-corrected chi connectivity index (χ0v) is 19.2. The number of carbonyl (C=O) groups is 1. The summed E-state index contributed by atoms with van der Waals surface area (Å²) in [6.45, 7) is 6.14. The number of hydrogen-bond donors (Lipinski definition) is 3. The number of nitrogens with zero attached hydrogens (tertiary/aromatic N) is 3. The number of fused-ring (bicyclic) bond motifs is 1. The number of amides is 1. The second kappa shape index (κ2) is 9.35. The number of aromatic nitrogens is 3. The summed E-state index contributed by atoms with van der Waals surface area (Å²) in [4.78, 5) is 20.3. The van der Waals surface area contributed by atoms with Gasteiger partial charge in [-0.3, -0.25) is 9.48 Å². The SMILES string of the molecule is CCC(=Nc1cnn(C2CCOCC2)c1)c1c(O)[nH]c2ccc(C(=O)NCC(C)(C)F)cc12. The molecule has 1 aliphatic rings. The average Bonchev–Trinajstić information content (AvgIpc) is 3.39. The molecule has 3 N–H and O–H groups in total. The van der Waals surface area contributed by atoms with Gasteiger partial charge < -0.3 is 20.1 Å². The maximum Gasteiger partial charge on any atom is 0.251 e. The highest BCUT2D eigenvalue weighted by Gasteiger charge is 2.21. The Morgan fingerprint density at radius 1 is 1.39 bits per heavy atom. The Balaban J connectivity index is 1.64. The highest BCUT2D eigenvalue weighted by Crippen LogP contribution is 2.31. The quantitative estimate of drug-likeness (QED) is 0.459. The second-order valence-corrected chi connectivity index (χ2v) is 8.94. The summed E-state index contributed by atoms with van der Waals surface area (Å²) in [6, 6.07) is 5.36. The fourth-order valence-corrected chi connectivity index (χ4v) is 4.01. The van der Waals surface area contributed by atoms with Crippen molar-refractivity contribution >= 4 is 28.2 Å². The molecule has 1 saturated heterocycles. The van der Waals surface area contributed by atoms with Crippen LogP contribution in [0.15, 0.2) is 35.6 Å². The van der Waals surface area contributed by atoms with Crippen LogP contribution < -0.4 is 5.32 Å². The highest BCUT2D eigenvalue weighted by atomic mass is 19.1. The molecule has 3 heterocycles. The Bertz CT molecular complexity index is 1170. The third-order valence-electron chi connectivity index (χ3n) is 5.75. The summed E-state index contributed by atoms with van der Waals surface area (Å²) < 4.78 is 21.1. The van der Waals surface area contributed by atoms with Gasteiger partial charge in [0.15, 0.2) is 5.88 Å². The van der Waals surface area contributed by atoms with Crippen LogP contribution in [0.5, 0.6) is 5.88 Å². The molecule has 4 rings (SSSR count). The Morgan fingerprint density at radius 3 is 2.85 bits per heavy atom. The summed E-state index contributed by atoms with van der Waals surface area (Å²) >= 11 is 0. The lowest BCUT2D eigenvalue weighted by Gasteiger charge is -2.22. The van der Waals surface area contributed by atoms with Crippen molar-refractivity contribution in [1.82, 2.24) is 20.1 Å². The van der Waals surface area contributed by atoms with Gasteiger partial charge in [0.05, 0.1) is 36.3 Å². The molecule has 0 atom stereocenters.